The number of thioether (sulfide) groups is 1. The SMILES string of the molecule is COc1ccc(NC(=O)CSc2cccc(NC(=O)CCC(=O)O)c2)c(OC)c1. The van der Waals surface area contributed by atoms with Crippen LogP contribution in [0.25, 0.3) is 0 Å². The molecule has 0 heterocycles. The zero-order chi connectivity index (χ0) is 21.2. The summed E-state index contributed by atoms with van der Waals surface area (Å²) in [5.41, 5.74) is 1.08. The van der Waals surface area contributed by atoms with Gasteiger partial charge in [-0.25, -0.2) is 0 Å². The normalized spacial score (nSPS) is 10.1. The minimum absolute atomic E-state index is 0.0984. The van der Waals surface area contributed by atoms with E-state index in [1.54, 1.807) is 43.5 Å². The van der Waals surface area contributed by atoms with Crippen LogP contribution in [-0.4, -0.2) is 42.9 Å². The number of rotatable bonds is 10. The quantitative estimate of drug-likeness (QED) is 0.508. The molecule has 8 nitrogen and oxygen atoms in total. The zero-order valence-electron chi connectivity index (χ0n) is 16.1. The van der Waals surface area contributed by atoms with E-state index in [4.69, 9.17) is 14.6 Å². The van der Waals surface area contributed by atoms with E-state index >= 15 is 0 Å². The van der Waals surface area contributed by atoms with Gasteiger partial charge in [0.25, 0.3) is 0 Å². The van der Waals surface area contributed by atoms with Gasteiger partial charge >= 0.3 is 5.97 Å². The Balaban J connectivity index is 1.90. The van der Waals surface area contributed by atoms with E-state index < -0.39 is 5.97 Å². The van der Waals surface area contributed by atoms with Crippen molar-refractivity contribution in [2.75, 3.05) is 30.6 Å². The molecule has 0 unspecified atom stereocenters. The van der Waals surface area contributed by atoms with Crippen LogP contribution < -0.4 is 20.1 Å². The van der Waals surface area contributed by atoms with Crippen molar-refractivity contribution in [2.24, 2.45) is 0 Å². The van der Waals surface area contributed by atoms with Gasteiger partial charge in [-0.2, -0.15) is 0 Å². The van der Waals surface area contributed by atoms with Gasteiger partial charge in [-0.3, -0.25) is 14.4 Å². The van der Waals surface area contributed by atoms with Crippen LogP contribution >= 0.6 is 11.8 Å². The Morgan fingerprint density at radius 3 is 2.45 bits per heavy atom. The number of aliphatic carboxylic acids is 1. The number of carbonyl (C=O) groups excluding carboxylic acids is 2. The predicted molar refractivity (Wildman–Crippen MR) is 111 cm³/mol. The van der Waals surface area contributed by atoms with E-state index in [-0.39, 0.29) is 30.4 Å². The summed E-state index contributed by atoms with van der Waals surface area (Å²) in [4.78, 5) is 35.3. The smallest absolute Gasteiger partial charge is 0.303 e. The summed E-state index contributed by atoms with van der Waals surface area (Å²) in [7, 11) is 3.06. The molecule has 2 amide bonds. The summed E-state index contributed by atoms with van der Waals surface area (Å²) in [6, 6.07) is 12.1. The largest absolute Gasteiger partial charge is 0.497 e. The van der Waals surface area contributed by atoms with Crippen LogP contribution in [0.2, 0.25) is 0 Å². The van der Waals surface area contributed by atoms with Gasteiger partial charge in [0.15, 0.2) is 0 Å². The number of methoxy groups -OCH3 is 2. The molecular formula is C20H22N2O6S. The number of carbonyl (C=O) groups is 3. The van der Waals surface area contributed by atoms with E-state index in [0.717, 1.165) is 4.90 Å². The molecule has 0 aliphatic rings. The number of amides is 2. The molecule has 0 bridgehead atoms. The molecular weight excluding hydrogens is 396 g/mol. The summed E-state index contributed by atoms with van der Waals surface area (Å²) in [5, 5.41) is 14.1. The number of anilines is 2. The molecule has 2 aromatic rings. The van der Waals surface area contributed by atoms with E-state index in [1.807, 2.05) is 6.07 Å². The fourth-order valence-corrected chi connectivity index (χ4v) is 3.10. The zero-order valence-corrected chi connectivity index (χ0v) is 16.9. The highest BCUT2D eigenvalue weighted by Crippen LogP contribution is 2.29. The van der Waals surface area contributed by atoms with E-state index in [9.17, 15) is 14.4 Å². The summed E-state index contributed by atoms with van der Waals surface area (Å²) in [6.07, 6.45) is -0.325. The Morgan fingerprint density at radius 1 is 0.966 bits per heavy atom. The van der Waals surface area contributed by atoms with E-state index in [2.05, 4.69) is 10.6 Å². The first kappa shape index (κ1) is 22.1. The second-order valence-electron chi connectivity index (χ2n) is 5.87. The lowest BCUT2D eigenvalue weighted by molar-refractivity contribution is -0.138. The van der Waals surface area contributed by atoms with Gasteiger partial charge in [0.1, 0.15) is 11.5 Å². The second kappa shape index (κ2) is 11.0. The molecule has 0 saturated carbocycles. The highest BCUT2D eigenvalue weighted by molar-refractivity contribution is 8.00. The molecule has 9 heteroatoms. The third-order valence-electron chi connectivity index (χ3n) is 3.74. The summed E-state index contributed by atoms with van der Waals surface area (Å²) < 4.78 is 10.4. The Hall–Kier alpha value is -3.20. The fourth-order valence-electron chi connectivity index (χ4n) is 2.34. The minimum atomic E-state index is -1.02. The van der Waals surface area contributed by atoms with Gasteiger partial charge in [0.2, 0.25) is 11.8 Å². The molecule has 0 aromatic heterocycles. The highest BCUT2D eigenvalue weighted by Gasteiger charge is 2.10. The van der Waals surface area contributed by atoms with Crippen LogP contribution in [0.4, 0.5) is 11.4 Å². The Bertz CT molecular complexity index is 887. The lowest BCUT2D eigenvalue weighted by atomic mass is 10.2. The molecule has 0 saturated heterocycles. The highest BCUT2D eigenvalue weighted by atomic mass is 32.2. The average molecular weight is 418 g/mol. The van der Waals surface area contributed by atoms with Gasteiger partial charge in [0.05, 0.1) is 32.1 Å². The first-order valence-electron chi connectivity index (χ1n) is 8.67. The number of hydrogen-bond donors (Lipinski definition) is 3. The van der Waals surface area contributed by atoms with Crippen molar-refractivity contribution in [3.63, 3.8) is 0 Å². The molecule has 3 N–H and O–H groups in total. The lowest BCUT2D eigenvalue weighted by Crippen LogP contribution is -2.15. The van der Waals surface area contributed by atoms with Crippen molar-refractivity contribution in [2.45, 2.75) is 17.7 Å². The summed E-state index contributed by atoms with van der Waals surface area (Å²) in [6.45, 7) is 0. The molecule has 0 fully saturated rings. The Morgan fingerprint density at radius 2 is 1.76 bits per heavy atom. The molecule has 0 aliphatic heterocycles. The molecule has 0 aliphatic carbocycles. The number of benzene rings is 2. The van der Waals surface area contributed by atoms with Crippen LogP contribution in [0.15, 0.2) is 47.4 Å². The number of carboxylic acid groups (broad SMARTS) is 1. The maximum absolute atomic E-state index is 12.3. The summed E-state index contributed by atoms with van der Waals surface area (Å²) in [5.74, 6) is -0.339. The van der Waals surface area contributed by atoms with Crippen molar-refractivity contribution >= 4 is 40.9 Å². The second-order valence-corrected chi connectivity index (χ2v) is 6.92. The Labute approximate surface area is 172 Å². The molecule has 29 heavy (non-hydrogen) atoms. The molecule has 2 rings (SSSR count). The molecule has 0 radical (unpaired) electrons. The monoisotopic (exact) mass is 418 g/mol. The molecule has 2 aromatic carbocycles. The van der Waals surface area contributed by atoms with Crippen molar-refractivity contribution < 1.29 is 29.0 Å². The third-order valence-corrected chi connectivity index (χ3v) is 4.73. The maximum Gasteiger partial charge on any atom is 0.303 e. The van der Waals surface area contributed by atoms with Gasteiger partial charge in [-0.15, -0.1) is 11.8 Å². The first-order valence-corrected chi connectivity index (χ1v) is 9.66. The molecule has 0 spiro atoms. The topological polar surface area (TPSA) is 114 Å². The number of hydrogen-bond acceptors (Lipinski definition) is 6. The van der Waals surface area contributed by atoms with Gasteiger partial charge in [-0.05, 0) is 30.3 Å². The maximum atomic E-state index is 12.3. The van der Waals surface area contributed by atoms with Crippen molar-refractivity contribution in [3.05, 3.63) is 42.5 Å². The number of ether oxygens (including phenoxy) is 2. The van der Waals surface area contributed by atoms with Crippen LogP contribution in [-0.2, 0) is 14.4 Å². The van der Waals surface area contributed by atoms with Gasteiger partial charge in [-0.1, -0.05) is 6.07 Å². The standard InChI is InChI=1S/C20H22N2O6S/c1-27-14-6-7-16(17(11-14)28-2)22-19(24)12-29-15-5-3-4-13(10-15)21-18(23)8-9-20(25)26/h3-7,10-11H,8-9,12H2,1-2H3,(H,21,23)(H,22,24)(H,25,26). The summed E-state index contributed by atoms with van der Waals surface area (Å²) >= 11 is 1.31. The van der Waals surface area contributed by atoms with Crippen LogP contribution in [0.5, 0.6) is 11.5 Å². The van der Waals surface area contributed by atoms with E-state index in [1.165, 1.54) is 18.9 Å². The van der Waals surface area contributed by atoms with Crippen molar-refractivity contribution in [3.8, 4) is 11.5 Å². The minimum Gasteiger partial charge on any atom is -0.497 e. The number of carboxylic acids is 1. The average Bonchev–Trinajstić information content (AvgIpc) is 2.71. The van der Waals surface area contributed by atoms with Crippen LogP contribution in [0, 0.1) is 0 Å². The Kier molecular flexibility index (Phi) is 8.35. The van der Waals surface area contributed by atoms with E-state index in [0.29, 0.717) is 22.9 Å². The van der Waals surface area contributed by atoms with Gasteiger partial charge in [0, 0.05) is 23.1 Å². The lowest BCUT2D eigenvalue weighted by Gasteiger charge is -2.12. The third kappa shape index (κ3) is 7.38. The number of nitrogens with one attached hydrogen (secondary N) is 2. The van der Waals surface area contributed by atoms with Gasteiger partial charge < -0.3 is 25.2 Å². The molecule has 154 valence electrons. The predicted octanol–water partition coefficient (Wildman–Crippen LogP) is 3.24. The van der Waals surface area contributed by atoms with Crippen LogP contribution in [0.1, 0.15) is 12.8 Å². The van der Waals surface area contributed by atoms with Crippen molar-refractivity contribution in [1.29, 1.82) is 0 Å². The fraction of sp³-hybridized carbons (Fsp3) is 0.250. The van der Waals surface area contributed by atoms with Crippen molar-refractivity contribution in [1.82, 2.24) is 0 Å². The first-order chi connectivity index (χ1) is 13.9. The molecule has 0 atom stereocenters. The van der Waals surface area contributed by atoms with Crippen LogP contribution in [0.3, 0.4) is 0 Å².